The fourth-order valence-electron chi connectivity index (χ4n) is 2.09. The highest BCUT2D eigenvalue weighted by Gasteiger charge is 2.07. The number of carbonyl (C=O) groups excluding carboxylic acids is 1. The molecule has 0 saturated heterocycles. The summed E-state index contributed by atoms with van der Waals surface area (Å²) in [5.41, 5.74) is 1.91. The topological polar surface area (TPSA) is 38.3 Å². The highest BCUT2D eigenvalue weighted by Crippen LogP contribution is 2.17. The third-order valence-corrected chi connectivity index (χ3v) is 4.29. The average Bonchev–Trinajstić information content (AvgIpc) is 2.56. The van der Waals surface area contributed by atoms with Gasteiger partial charge in [0, 0.05) is 18.1 Å². The minimum Gasteiger partial charge on any atom is -0.494 e. The number of amides is 1. The summed E-state index contributed by atoms with van der Waals surface area (Å²) in [7, 11) is 1.41. The Kier molecular flexibility index (Phi) is 6.94. The minimum absolute atomic E-state index is 0.102. The molecule has 2 rings (SSSR count). The molecule has 0 radical (unpaired) electrons. The minimum atomic E-state index is -0.448. The third-order valence-electron chi connectivity index (χ3n) is 3.26. The van der Waals surface area contributed by atoms with Crippen molar-refractivity contribution >= 4 is 17.7 Å². The fourth-order valence-corrected chi connectivity index (χ4v) is 2.91. The summed E-state index contributed by atoms with van der Waals surface area (Å²) in [4.78, 5) is 11.8. The van der Waals surface area contributed by atoms with E-state index in [1.54, 1.807) is 17.8 Å². The Hall–Kier alpha value is -2.01. The van der Waals surface area contributed by atoms with Gasteiger partial charge in [-0.1, -0.05) is 36.4 Å². The molecule has 3 nitrogen and oxygen atoms in total. The zero-order valence-corrected chi connectivity index (χ0v) is 13.9. The standard InChI is InChI=1S/C18H20FNO2S/c1-22-17-8-7-15(11-16(17)19)12-18(21)20-9-10-23-13-14-5-3-2-4-6-14/h2-8,11H,9-10,12-13H2,1H3,(H,20,21). The number of nitrogens with one attached hydrogen (secondary N) is 1. The highest BCUT2D eigenvalue weighted by molar-refractivity contribution is 7.98. The molecule has 0 spiro atoms. The number of carbonyl (C=O) groups is 1. The molecule has 2 aromatic carbocycles. The molecular formula is C18H20FNO2S. The summed E-state index contributed by atoms with van der Waals surface area (Å²) in [5.74, 6) is 1.41. The fraction of sp³-hybridized carbons (Fsp3) is 0.278. The molecule has 0 atom stereocenters. The van der Waals surface area contributed by atoms with Crippen molar-refractivity contribution < 1.29 is 13.9 Å². The van der Waals surface area contributed by atoms with Crippen LogP contribution in [0.4, 0.5) is 4.39 Å². The van der Waals surface area contributed by atoms with Crippen molar-refractivity contribution in [3.63, 3.8) is 0 Å². The van der Waals surface area contributed by atoms with Gasteiger partial charge in [-0.25, -0.2) is 4.39 Å². The molecule has 0 aliphatic carbocycles. The molecule has 1 amide bonds. The van der Waals surface area contributed by atoms with E-state index in [2.05, 4.69) is 17.4 Å². The van der Waals surface area contributed by atoms with Crippen molar-refractivity contribution in [1.29, 1.82) is 0 Å². The highest BCUT2D eigenvalue weighted by atomic mass is 32.2. The molecule has 0 aliphatic rings. The Morgan fingerprint density at radius 3 is 2.65 bits per heavy atom. The summed E-state index contributed by atoms with van der Waals surface area (Å²) >= 11 is 1.77. The Morgan fingerprint density at radius 1 is 1.17 bits per heavy atom. The number of rotatable bonds is 8. The number of hydrogen-bond acceptors (Lipinski definition) is 3. The van der Waals surface area contributed by atoms with Crippen LogP contribution in [0.3, 0.4) is 0 Å². The first-order valence-electron chi connectivity index (χ1n) is 7.40. The van der Waals surface area contributed by atoms with E-state index in [-0.39, 0.29) is 18.1 Å². The molecule has 0 aliphatic heterocycles. The molecular weight excluding hydrogens is 313 g/mol. The number of ether oxygens (including phenoxy) is 1. The Morgan fingerprint density at radius 2 is 1.96 bits per heavy atom. The van der Waals surface area contributed by atoms with Crippen LogP contribution >= 0.6 is 11.8 Å². The third kappa shape index (κ3) is 5.94. The smallest absolute Gasteiger partial charge is 0.224 e. The predicted molar refractivity (Wildman–Crippen MR) is 92.3 cm³/mol. The maximum absolute atomic E-state index is 13.6. The quantitative estimate of drug-likeness (QED) is 0.752. The van der Waals surface area contributed by atoms with E-state index in [1.165, 1.54) is 24.8 Å². The van der Waals surface area contributed by atoms with Crippen LogP contribution in [0.15, 0.2) is 48.5 Å². The van der Waals surface area contributed by atoms with Gasteiger partial charge in [-0.3, -0.25) is 4.79 Å². The zero-order chi connectivity index (χ0) is 16.5. The van der Waals surface area contributed by atoms with Crippen LogP contribution in [0.25, 0.3) is 0 Å². The van der Waals surface area contributed by atoms with Crippen molar-refractivity contribution in [2.45, 2.75) is 12.2 Å². The van der Waals surface area contributed by atoms with Crippen molar-refractivity contribution in [1.82, 2.24) is 5.32 Å². The molecule has 1 N–H and O–H groups in total. The van der Waals surface area contributed by atoms with Gasteiger partial charge >= 0.3 is 0 Å². The van der Waals surface area contributed by atoms with E-state index in [0.717, 1.165) is 11.5 Å². The maximum atomic E-state index is 13.6. The summed E-state index contributed by atoms with van der Waals surface area (Å²) < 4.78 is 18.4. The molecule has 122 valence electrons. The Labute approximate surface area is 140 Å². The van der Waals surface area contributed by atoms with E-state index in [9.17, 15) is 9.18 Å². The number of methoxy groups -OCH3 is 1. The first kappa shape index (κ1) is 17.3. The molecule has 0 saturated carbocycles. The molecule has 2 aromatic rings. The van der Waals surface area contributed by atoms with Crippen molar-refractivity contribution in [3.8, 4) is 5.75 Å². The van der Waals surface area contributed by atoms with Gasteiger partial charge in [0.05, 0.1) is 13.5 Å². The predicted octanol–water partition coefficient (Wildman–Crippen LogP) is 3.43. The molecule has 0 fully saturated rings. The van der Waals surface area contributed by atoms with Crippen LogP contribution in [0, 0.1) is 5.82 Å². The monoisotopic (exact) mass is 333 g/mol. The summed E-state index contributed by atoms with van der Waals surface area (Å²) in [6.45, 7) is 0.606. The zero-order valence-electron chi connectivity index (χ0n) is 13.0. The lowest BCUT2D eigenvalue weighted by Crippen LogP contribution is -2.27. The Bertz CT molecular complexity index is 634. The van der Waals surface area contributed by atoms with Crippen LogP contribution < -0.4 is 10.1 Å². The van der Waals surface area contributed by atoms with Crippen LogP contribution in [-0.2, 0) is 17.0 Å². The normalized spacial score (nSPS) is 10.3. The summed E-state index contributed by atoms with van der Waals surface area (Å²) in [6, 6.07) is 14.8. The van der Waals surface area contributed by atoms with Crippen LogP contribution in [0.2, 0.25) is 0 Å². The molecule has 23 heavy (non-hydrogen) atoms. The first-order valence-corrected chi connectivity index (χ1v) is 8.55. The van der Waals surface area contributed by atoms with Crippen LogP contribution in [-0.4, -0.2) is 25.3 Å². The average molecular weight is 333 g/mol. The number of hydrogen-bond donors (Lipinski definition) is 1. The number of thioether (sulfide) groups is 1. The van der Waals surface area contributed by atoms with E-state index in [0.29, 0.717) is 12.1 Å². The van der Waals surface area contributed by atoms with Gasteiger partial charge in [-0.2, -0.15) is 11.8 Å². The van der Waals surface area contributed by atoms with Crippen LogP contribution in [0.5, 0.6) is 5.75 Å². The van der Waals surface area contributed by atoms with Gasteiger partial charge in [-0.15, -0.1) is 0 Å². The largest absolute Gasteiger partial charge is 0.494 e. The molecule has 5 heteroatoms. The first-order chi connectivity index (χ1) is 11.2. The van der Waals surface area contributed by atoms with Crippen LogP contribution in [0.1, 0.15) is 11.1 Å². The molecule has 0 bridgehead atoms. The van der Waals surface area contributed by atoms with Gasteiger partial charge in [0.15, 0.2) is 11.6 Å². The van der Waals surface area contributed by atoms with E-state index >= 15 is 0 Å². The second kappa shape index (κ2) is 9.20. The van der Waals surface area contributed by atoms with Gasteiger partial charge in [0.2, 0.25) is 5.91 Å². The lowest BCUT2D eigenvalue weighted by molar-refractivity contribution is -0.120. The van der Waals surface area contributed by atoms with Gasteiger partial charge in [0.1, 0.15) is 0 Å². The second-order valence-electron chi connectivity index (χ2n) is 5.03. The maximum Gasteiger partial charge on any atom is 0.224 e. The lowest BCUT2D eigenvalue weighted by Gasteiger charge is -2.07. The lowest BCUT2D eigenvalue weighted by atomic mass is 10.1. The Balaban J connectivity index is 1.66. The van der Waals surface area contributed by atoms with E-state index in [4.69, 9.17) is 4.74 Å². The second-order valence-corrected chi connectivity index (χ2v) is 6.14. The van der Waals surface area contributed by atoms with E-state index in [1.807, 2.05) is 18.2 Å². The number of halogens is 1. The van der Waals surface area contributed by atoms with E-state index < -0.39 is 5.82 Å². The molecule has 0 heterocycles. The van der Waals surface area contributed by atoms with Gasteiger partial charge in [0.25, 0.3) is 0 Å². The molecule has 0 unspecified atom stereocenters. The summed E-state index contributed by atoms with van der Waals surface area (Å²) in [6.07, 6.45) is 0.171. The van der Waals surface area contributed by atoms with Crippen molar-refractivity contribution in [2.75, 3.05) is 19.4 Å². The van der Waals surface area contributed by atoms with Gasteiger partial charge < -0.3 is 10.1 Å². The number of benzene rings is 2. The van der Waals surface area contributed by atoms with Gasteiger partial charge in [-0.05, 0) is 23.3 Å². The molecule has 0 aromatic heterocycles. The summed E-state index contributed by atoms with van der Waals surface area (Å²) in [5, 5.41) is 2.85. The van der Waals surface area contributed by atoms with Crippen molar-refractivity contribution in [2.24, 2.45) is 0 Å². The SMILES string of the molecule is COc1ccc(CC(=O)NCCSCc2ccccc2)cc1F. The van der Waals surface area contributed by atoms with Crippen molar-refractivity contribution in [3.05, 3.63) is 65.5 Å².